The van der Waals surface area contributed by atoms with Gasteiger partial charge in [0.05, 0.1) is 19.1 Å². The second-order valence-electron chi connectivity index (χ2n) is 10.7. The Bertz CT molecular complexity index is 1430. The highest BCUT2D eigenvalue weighted by Crippen LogP contribution is 2.24. The average molecular weight is 594 g/mol. The summed E-state index contributed by atoms with van der Waals surface area (Å²) in [5.41, 5.74) is 3.40. The van der Waals surface area contributed by atoms with Gasteiger partial charge in [0, 0.05) is 38.0 Å². The number of rotatable bonds is 15. The molecule has 42 heavy (non-hydrogen) atoms. The number of hydrogen-bond acceptors (Lipinski definition) is 5. The molecule has 0 heterocycles. The Morgan fingerprint density at radius 3 is 2.29 bits per heavy atom. The third-order valence-electron chi connectivity index (χ3n) is 7.20. The summed E-state index contributed by atoms with van der Waals surface area (Å²) in [6.07, 6.45) is 2.62. The number of amides is 2. The molecule has 0 aliphatic rings. The molecule has 3 aromatic rings. The molecule has 0 fully saturated rings. The molecule has 3 rings (SSSR count). The summed E-state index contributed by atoms with van der Waals surface area (Å²) >= 11 is 0. The molecular weight excluding hydrogens is 550 g/mol. The lowest BCUT2D eigenvalue weighted by atomic mass is 10.0. The molecule has 3 aromatic carbocycles. The molecule has 1 N–H and O–H groups in total. The number of hydrogen-bond donors (Lipinski definition) is 1. The fraction of sp³-hybridized carbons (Fsp3) is 0.394. The number of nitrogens with one attached hydrogen (secondary N) is 1. The van der Waals surface area contributed by atoms with Gasteiger partial charge >= 0.3 is 0 Å². The second kappa shape index (κ2) is 15.4. The minimum Gasteiger partial charge on any atom is -0.497 e. The summed E-state index contributed by atoms with van der Waals surface area (Å²) in [5, 5.41) is 3.08. The van der Waals surface area contributed by atoms with Crippen LogP contribution in [0.2, 0.25) is 0 Å². The number of aryl methyl sites for hydroxylation is 1. The Balaban J connectivity index is 1.89. The standard InChI is InChI=1S/C33H43N3O5S/c1-6-26(3)34-33(38)31(22-27-14-8-7-9-15-27)35(24-28-16-10-13-25(2)21-28)32(37)19-12-20-36(42(5,39)40)29-17-11-18-30(23-29)41-4/h7-11,13-18,21,23,26,31H,6,12,19-20,22,24H2,1-5H3,(H,34,38)/t26-,31-/m1/s1. The molecule has 0 unspecified atom stereocenters. The molecule has 0 aliphatic heterocycles. The maximum atomic E-state index is 14.0. The van der Waals surface area contributed by atoms with Crippen molar-refractivity contribution in [2.75, 3.05) is 24.2 Å². The zero-order chi connectivity index (χ0) is 30.7. The van der Waals surface area contributed by atoms with E-state index in [2.05, 4.69) is 5.32 Å². The van der Waals surface area contributed by atoms with E-state index in [-0.39, 0.29) is 43.8 Å². The molecule has 0 aliphatic carbocycles. The van der Waals surface area contributed by atoms with Crippen LogP contribution in [0.5, 0.6) is 5.75 Å². The molecule has 0 saturated carbocycles. The fourth-order valence-electron chi connectivity index (χ4n) is 4.77. The van der Waals surface area contributed by atoms with E-state index in [0.29, 0.717) is 17.9 Å². The predicted molar refractivity (Wildman–Crippen MR) is 168 cm³/mol. The first-order valence-corrected chi connectivity index (χ1v) is 16.2. The number of carbonyl (C=O) groups excluding carboxylic acids is 2. The number of ether oxygens (including phenoxy) is 1. The van der Waals surface area contributed by atoms with Gasteiger partial charge in [-0.1, -0.05) is 73.2 Å². The average Bonchev–Trinajstić information content (AvgIpc) is 2.96. The van der Waals surface area contributed by atoms with Crippen molar-refractivity contribution in [1.29, 1.82) is 0 Å². The molecule has 0 spiro atoms. The van der Waals surface area contributed by atoms with Crippen LogP contribution in [0.3, 0.4) is 0 Å². The van der Waals surface area contributed by atoms with E-state index >= 15 is 0 Å². The van der Waals surface area contributed by atoms with Crippen molar-refractivity contribution in [3.05, 3.63) is 95.6 Å². The van der Waals surface area contributed by atoms with E-state index in [0.717, 1.165) is 29.4 Å². The zero-order valence-electron chi connectivity index (χ0n) is 25.2. The van der Waals surface area contributed by atoms with Gasteiger partial charge in [-0.2, -0.15) is 0 Å². The predicted octanol–water partition coefficient (Wildman–Crippen LogP) is 5.10. The van der Waals surface area contributed by atoms with Crippen LogP contribution in [0, 0.1) is 6.92 Å². The quantitative estimate of drug-likeness (QED) is 0.264. The van der Waals surface area contributed by atoms with Gasteiger partial charge in [-0.25, -0.2) is 8.42 Å². The fourth-order valence-corrected chi connectivity index (χ4v) is 5.73. The van der Waals surface area contributed by atoms with E-state index in [1.807, 2.05) is 75.4 Å². The highest BCUT2D eigenvalue weighted by atomic mass is 32.2. The first kappa shape index (κ1) is 32.7. The van der Waals surface area contributed by atoms with E-state index < -0.39 is 16.1 Å². The van der Waals surface area contributed by atoms with Gasteiger partial charge in [-0.15, -0.1) is 0 Å². The number of anilines is 1. The van der Waals surface area contributed by atoms with Gasteiger partial charge in [0.2, 0.25) is 21.8 Å². The van der Waals surface area contributed by atoms with Crippen molar-refractivity contribution in [3.63, 3.8) is 0 Å². The molecule has 2 atom stereocenters. The second-order valence-corrected chi connectivity index (χ2v) is 12.6. The van der Waals surface area contributed by atoms with Crippen molar-refractivity contribution >= 4 is 27.5 Å². The Kier molecular flexibility index (Phi) is 12.0. The number of benzene rings is 3. The maximum absolute atomic E-state index is 14.0. The number of carbonyl (C=O) groups is 2. The van der Waals surface area contributed by atoms with Crippen molar-refractivity contribution in [2.24, 2.45) is 0 Å². The van der Waals surface area contributed by atoms with Crippen molar-refractivity contribution in [1.82, 2.24) is 10.2 Å². The van der Waals surface area contributed by atoms with Gasteiger partial charge in [0.25, 0.3) is 0 Å². The van der Waals surface area contributed by atoms with E-state index in [9.17, 15) is 18.0 Å². The Morgan fingerprint density at radius 2 is 1.64 bits per heavy atom. The molecule has 9 heteroatoms. The zero-order valence-corrected chi connectivity index (χ0v) is 26.1. The van der Waals surface area contributed by atoms with Gasteiger partial charge in [0.15, 0.2) is 0 Å². The van der Waals surface area contributed by atoms with E-state index in [1.54, 1.807) is 29.2 Å². The first-order valence-electron chi connectivity index (χ1n) is 14.3. The molecule has 0 aromatic heterocycles. The third kappa shape index (κ3) is 9.62. The van der Waals surface area contributed by atoms with Crippen molar-refractivity contribution < 1.29 is 22.7 Å². The van der Waals surface area contributed by atoms with Crippen LogP contribution in [0.25, 0.3) is 0 Å². The lowest BCUT2D eigenvalue weighted by molar-refractivity contribution is -0.141. The van der Waals surface area contributed by atoms with Gasteiger partial charge < -0.3 is 15.0 Å². The molecular formula is C33H43N3O5S. The normalized spacial score (nSPS) is 12.7. The van der Waals surface area contributed by atoms with E-state index in [1.165, 1.54) is 11.4 Å². The summed E-state index contributed by atoms with van der Waals surface area (Å²) in [4.78, 5) is 29.3. The Hall–Kier alpha value is -3.85. The number of sulfonamides is 1. The van der Waals surface area contributed by atoms with Crippen LogP contribution in [0.15, 0.2) is 78.9 Å². The Morgan fingerprint density at radius 1 is 0.952 bits per heavy atom. The largest absolute Gasteiger partial charge is 0.497 e. The van der Waals surface area contributed by atoms with Crippen LogP contribution in [0.4, 0.5) is 5.69 Å². The summed E-state index contributed by atoms with van der Waals surface area (Å²) in [6, 6.07) is 23.6. The monoisotopic (exact) mass is 593 g/mol. The van der Waals surface area contributed by atoms with Crippen LogP contribution < -0.4 is 14.4 Å². The summed E-state index contributed by atoms with van der Waals surface area (Å²) in [7, 11) is -2.09. The molecule has 0 radical (unpaired) electrons. The first-order chi connectivity index (χ1) is 20.0. The molecule has 0 saturated heterocycles. The summed E-state index contributed by atoms with van der Waals surface area (Å²) in [6.45, 7) is 6.31. The molecule has 226 valence electrons. The van der Waals surface area contributed by atoms with E-state index in [4.69, 9.17) is 4.74 Å². The molecule has 8 nitrogen and oxygen atoms in total. The minimum absolute atomic E-state index is 0.0436. The van der Waals surface area contributed by atoms with Gasteiger partial charge in [0.1, 0.15) is 11.8 Å². The maximum Gasteiger partial charge on any atom is 0.243 e. The smallest absolute Gasteiger partial charge is 0.243 e. The highest BCUT2D eigenvalue weighted by Gasteiger charge is 2.31. The minimum atomic E-state index is -3.61. The van der Waals surface area contributed by atoms with Crippen LogP contribution in [-0.2, 0) is 32.6 Å². The van der Waals surface area contributed by atoms with Crippen LogP contribution in [0.1, 0.15) is 49.8 Å². The van der Waals surface area contributed by atoms with Crippen LogP contribution >= 0.6 is 0 Å². The third-order valence-corrected chi connectivity index (χ3v) is 8.40. The number of methoxy groups -OCH3 is 1. The summed E-state index contributed by atoms with van der Waals surface area (Å²) < 4.78 is 31.9. The highest BCUT2D eigenvalue weighted by molar-refractivity contribution is 7.92. The number of nitrogens with zero attached hydrogens (tertiary/aromatic N) is 2. The molecule has 2 amide bonds. The molecule has 0 bridgehead atoms. The topological polar surface area (TPSA) is 96.0 Å². The summed E-state index contributed by atoms with van der Waals surface area (Å²) in [5.74, 6) is 0.122. The van der Waals surface area contributed by atoms with Crippen molar-refractivity contribution in [3.8, 4) is 5.75 Å². The van der Waals surface area contributed by atoms with Gasteiger partial charge in [-0.05, 0) is 49.9 Å². The lowest BCUT2D eigenvalue weighted by Gasteiger charge is -2.33. The lowest BCUT2D eigenvalue weighted by Crippen LogP contribution is -2.52. The van der Waals surface area contributed by atoms with Gasteiger partial charge in [-0.3, -0.25) is 13.9 Å². The van der Waals surface area contributed by atoms with Crippen LogP contribution in [-0.4, -0.2) is 57.1 Å². The van der Waals surface area contributed by atoms with Crippen molar-refractivity contribution in [2.45, 2.75) is 65.1 Å². The Labute approximate surface area is 250 Å². The SMILES string of the molecule is CC[C@@H](C)NC(=O)[C@@H](Cc1ccccc1)N(Cc1cccc(C)c1)C(=O)CCCN(c1cccc(OC)c1)S(C)(=O)=O.